The highest BCUT2D eigenvalue weighted by Gasteiger charge is 2.36. The maximum absolute atomic E-state index is 12.5. The molecule has 1 rings (SSSR count). The third-order valence-electron chi connectivity index (χ3n) is 3.41. The summed E-state index contributed by atoms with van der Waals surface area (Å²) in [6.07, 6.45) is 1.61. The van der Waals surface area contributed by atoms with E-state index in [4.69, 9.17) is 4.74 Å². The Balaban J connectivity index is 2.62. The summed E-state index contributed by atoms with van der Waals surface area (Å²) in [7, 11) is 0. The average Bonchev–Trinajstić information content (AvgIpc) is 2.84. The van der Waals surface area contributed by atoms with Gasteiger partial charge in [0.15, 0.2) is 0 Å². The molecule has 1 aliphatic heterocycles. The van der Waals surface area contributed by atoms with Gasteiger partial charge in [0.2, 0.25) is 11.0 Å². The molecule has 0 bridgehead atoms. The Labute approximate surface area is 137 Å². The van der Waals surface area contributed by atoms with Gasteiger partial charge in [-0.2, -0.15) is 0 Å². The van der Waals surface area contributed by atoms with Crippen LogP contribution in [-0.4, -0.2) is 45.8 Å². The molecule has 1 aliphatic rings. The first kappa shape index (κ1) is 19.0. The summed E-state index contributed by atoms with van der Waals surface area (Å²) in [5.41, 5.74) is -0.552. The summed E-state index contributed by atoms with van der Waals surface area (Å²) >= 11 is 1.26. The van der Waals surface area contributed by atoms with Crippen LogP contribution in [0.3, 0.4) is 0 Å². The molecule has 1 saturated heterocycles. The topological polar surface area (TPSA) is 63.7 Å². The van der Waals surface area contributed by atoms with Crippen molar-refractivity contribution >= 4 is 28.8 Å². The Kier molecular flexibility index (Phi) is 6.91. The molecular weight excluding hydrogens is 302 g/mol. The van der Waals surface area contributed by atoms with E-state index in [1.54, 1.807) is 32.6 Å². The molecule has 1 amide bonds. The van der Waals surface area contributed by atoms with E-state index in [1.807, 2.05) is 6.92 Å². The fraction of sp³-hybridized carbons (Fsp3) is 0.812. The monoisotopic (exact) mass is 329 g/mol. The second-order valence-corrected chi connectivity index (χ2v) is 7.90. The summed E-state index contributed by atoms with van der Waals surface area (Å²) in [5.74, 6) is -0.253. The third kappa shape index (κ3) is 5.63. The third-order valence-corrected chi connectivity index (χ3v) is 4.25. The molecule has 0 aliphatic carbocycles. The molecular formula is C16H27NO4S. The molecule has 0 saturated carbocycles. The zero-order chi connectivity index (χ0) is 16.9. The van der Waals surface area contributed by atoms with E-state index in [1.165, 1.54) is 11.8 Å². The van der Waals surface area contributed by atoms with E-state index in [0.29, 0.717) is 12.3 Å². The van der Waals surface area contributed by atoms with Gasteiger partial charge < -0.3 is 9.64 Å². The maximum atomic E-state index is 12.5. The number of carbonyl (C=O) groups excluding carboxylic acids is 3. The molecule has 0 N–H and O–H groups in total. The first-order chi connectivity index (χ1) is 10.2. The SMILES string of the molecule is CCSC(=O)[C@@H]1CCCN1C(=O)[C@H](C)CC(=O)OC(C)(C)C. The molecule has 1 heterocycles. The number of esters is 1. The lowest BCUT2D eigenvalue weighted by molar-refractivity contribution is -0.158. The smallest absolute Gasteiger partial charge is 0.307 e. The molecule has 0 spiro atoms. The summed E-state index contributed by atoms with van der Waals surface area (Å²) < 4.78 is 5.25. The van der Waals surface area contributed by atoms with E-state index in [9.17, 15) is 14.4 Å². The zero-order valence-electron chi connectivity index (χ0n) is 14.2. The highest BCUT2D eigenvalue weighted by atomic mass is 32.2. The Morgan fingerprint density at radius 2 is 1.95 bits per heavy atom. The molecule has 0 unspecified atom stereocenters. The minimum Gasteiger partial charge on any atom is -0.460 e. The number of rotatable bonds is 5. The van der Waals surface area contributed by atoms with Crippen molar-refractivity contribution in [2.75, 3.05) is 12.3 Å². The standard InChI is InChI=1S/C16H27NO4S/c1-6-22-15(20)12-8-7-9-17(12)14(19)11(2)10-13(18)21-16(3,4)5/h11-12H,6-10H2,1-5H3/t11-,12+/m1/s1. The first-order valence-electron chi connectivity index (χ1n) is 7.84. The molecule has 2 atom stereocenters. The fourth-order valence-electron chi connectivity index (χ4n) is 2.52. The van der Waals surface area contributed by atoms with Crippen LogP contribution in [0.2, 0.25) is 0 Å². The molecule has 6 heteroatoms. The van der Waals surface area contributed by atoms with E-state index < -0.39 is 11.5 Å². The minimum atomic E-state index is -0.552. The Morgan fingerprint density at radius 3 is 2.50 bits per heavy atom. The summed E-state index contributed by atoms with van der Waals surface area (Å²) in [6, 6.07) is -0.335. The lowest BCUT2D eigenvalue weighted by atomic mass is 10.1. The molecule has 22 heavy (non-hydrogen) atoms. The second-order valence-electron chi connectivity index (χ2n) is 6.63. The zero-order valence-corrected chi connectivity index (χ0v) is 15.0. The number of hydrogen-bond acceptors (Lipinski definition) is 5. The van der Waals surface area contributed by atoms with E-state index in [0.717, 1.165) is 12.8 Å². The number of nitrogens with zero attached hydrogens (tertiary/aromatic N) is 1. The van der Waals surface area contributed by atoms with Gasteiger partial charge in [-0.15, -0.1) is 0 Å². The number of ether oxygens (including phenoxy) is 1. The van der Waals surface area contributed by atoms with Crippen molar-refractivity contribution in [1.82, 2.24) is 4.90 Å². The maximum Gasteiger partial charge on any atom is 0.307 e. The molecule has 0 aromatic rings. The van der Waals surface area contributed by atoms with E-state index in [2.05, 4.69) is 0 Å². The van der Waals surface area contributed by atoms with Crippen molar-refractivity contribution < 1.29 is 19.1 Å². The van der Waals surface area contributed by atoms with Crippen molar-refractivity contribution in [3.05, 3.63) is 0 Å². The van der Waals surface area contributed by atoms with Gasteiger partial charge >= 0.3 is 5.97 Å². The van der Waals surface area contributed by atoms with Gasteiger partial charge in [0, 0.05) is 12.5 Å². The molecule has 5 nitrogen and oxygen atoms in total. The highest BCUT2D eigenvalue weighted by Crippen LogP contribution is 2.25. The fourth-order valence-corrected chi connectivity index (χ4v) is 3.24. The lowest BCUT2D eigenvalue weighted by Crippen LogP contribution is -2.43. The van der Waals surface area contributed by atoms with Crippen LogP contribution in [0, 0.1) is 5.92 Å². The predicted molar refractivity (Wildman–Crippen MR) is 87.5 cm³/mol. The molecule has 0 aromatic carbocycles. The van der Waals surface area contributed by atoms with Crippen LogP contribution in [0.25, 0.3) is 0 Å². The molecule has 126 valence electrons. The van der Waals surface area contributed by atoms with Crippen LogP contribution in [0.1, 0.15) is 53.9 Å². The highest BCUT2D eigenvalue weighted by molar-refractivity contribution is 8.13. The summed E-state index contributed by atoms with van der Waals surface area (Å²) in [6.45, 7) is 9.64. The van der Waals surface area contributed by atoms with Gasteiger partial charge in [-0.3, -0.25) is 14.4 Å². The first-order valence-corrected chi connectivity index (χ1v) is 8.83. The second kappa shape index (κ2) is 7.99. The average molecular weight is 329 g/mol. The normalized spacial score (nSPS) is 19.9. The van der Waals surface area contributed by atoms with Gasteiger partial charge in [-0.1, -0.05) is 25.6 Å². The van der Waals surface area contributed by atoms with Gasteiger partial charge in [0.25, 0.3) is 0 Å². The number of hydrogen-bond donors (Lipinski definition) is 0. The molecule has 0 aromatic heterocycles. The van der Waals surface area contributed by atoms with Crippen molar-refractivity contribution in [3.63, 3.8) is 0 Å². The Morgan fingerprint density at radius 1 is 1.32 bits per heavy atom. The van der Waals surface area contributed by atoms with Crippen LogP contribution in [-0.2, 0) is 19.1 Å². The van der Waals surface area contributed by atoms with Crippen LogP contribution >= 0.6 is 11.8 Å². The van der Waals surface area contributed by atoms with Crippen LogP contribution in [0.4, 0.5) is 0 Å². The van der Waals surface area contributed by atoms with Crippen LogP contribution < -0.4 is 0 Å². The van der Waals surface area contributed by atoms with Crippen molar-refractivity contribution in [2.24, 2.45) is 5.92 Å². The number of carbonyl (C=O) groups is 3. The van der Waals surface area contributed by atoms with Crippen molar-refractivity contribution in [2.45, 2.75) is 65.5 Å². The Bertz CT molecular complexity index is 430. The van der Waals surface area contributed by atoms with Crippen LogP contribution in [0.5, 0.6) is 0 Å². The van der Waals surface area contributed by atoms with E-state index >= 15 is 0 Å². The van der Waals surface area contributed by atoms with Gasteiger partial charge in [0.05, 0.1) is 6.42 Å². The lowest BCUT2D eigenvalue weighted by Gasteiger charge is -2.27. The summed E-state index contributed by atoms with van der Waals surface area (Å²) in [5, 5.41) is 0.0535. The quantitative estimate of drug-likeness (QED) is 0.726. The molecule has 1 fully saturated rings. The van der Waals surface area contributed by atoms with Gasteiger partial charge in [0.1, 0.15) is 11.6 Å². The van der Waals surface area contributed by atoms with Crippen LogP contribution in [0.15, 0.2) is 0 Å². The Hall–Kier alpha value is -1.04. The largest absolute Gasteiger partial charge is 0.460 e. The predicted octanol–water partition coefficient (Wildman–Crippen LogP) is 2.63. The minimum absolute atomic E-state index is 0.0500. The van der Waals surface area contributed by atoms with Gasteiger partial charge in [-0.05, 0) is 39.4 Å². The van der Waals surface area contributed by atoms with Gasteiger partial charge in [-0.25, -0.2) is 0 Å². The van der Waals surface area contributed by atoms with E-state index in [-0.39, 0.29) is 29.5 Å². The summed E-state index contributed by atoms with van der Waals surface area (Å²) in [4.78, 5) is 38.1. The van der Waals surface area contributed by atoms with Crippen molar-refractivity contribution in [1.29, 1.82) is 0 Å². The van der Waals surface area contributed by atoms with Crippen molar-refractivity contribution in [3.8, 4) is 0 Å². The number of amides is 1. The number of likely N-dealkylation sites (tertiary alicyclic amines) is 1. The number of thioether (sulfide) groups is 1. The molecule has 0 radical (unpaired) electrons.